The van der Waals surface area contributed by atoms with E-state index in [1.54, 1.807) is 0 Å². The average Bonchev–Trinajstić information content (AvgIpc) is 2.71. The second-order valence-corrected chi connectivity index (χ2v) is 9.55. The second-order valence-electron chi connectivity index (χ2n) is 8.09. The summed E-state index contributed by atoms with van der Waals surface area (Å²) < 4.78 is 8.74. The van der Waals surface area contributed by atoms with Crippen LogP contribution >= 0.6 is 33.5 Å². The molecule has 0 heterocycles. The lowest BCUT2D eigenvalue weighted by Crippen LogP contribution is -1.81. The smallest absolute Gasteiger partial charge is 0.314 e. The number of rotatable bonds is 20. The van der Waals surface area contributed by atoms with E-state index in [-0.39, 0.29) is 0 Å². The van der Waals surface area contributed by atoms with E-state index in [0.29, 0.717) is 0 Å². The first-order chi connectivity index (χ1) is 14.6. The fraction of sp³-hybridized carbons (Fsp3) is 1.00. The summed E-state index contributed by atoms with van der Waals surface area (Å²) in [6.07, 6.45) is 28.4. The van der Waals surface area contributed by atoms with Gasteiger partial charge in [-0.05, 0) is 24.3 Å². The summed E-state index contributed by atoms with van der Waals surface area (Å²) in [5.41, 5.74) is 0. The topological polar surface area (TPSA) is 57.5 Å². The summed E-state index contributed by atoms with van der Waals surface area (Å²) in [5.74, 6) is 2.13. The second kappa shape index (κ2) is 37.2. The van der Waals surface area contributed by atoms with Gasteiger partial charge in [-0.1, -0.05) is 129 Å². The Bertz CT molecular complexity index is 250. The molecule has 0 aliphatic heterocycles. The molecule has 6 heteroatoms. The molecule has 0 saturated heterocycles. The van der Waals surface area contributed by atoms with E-state index in [4.69, 9.17) is 14.4 Å². The van der Waals surface area contributed by atoms with Gasteiger partial charge in [0.2, 0.25) is 0 Å². The van der Waals surface area contributed by atoms with Gasteiger partial charge < -0.3 is 9.79 Å². The van der Waals surface area contributed by atoms with Gasteiger partial charge in [-0.15, -0.1) is 0 Å². The van der Waals surface area contributed by atoms with Crippen LogP contribution in [0.5, 0.6) is 0 Å². The first kappa shape index (κ1) is 35.4. The molecule has 0 aromatic rings. The highest BCUT2D eigenvalue weighted by Crippen LogP contribution is 2.11. The standard InChI is InChI=1S/2C12H26S.H3O3P/c2*1-2-3-4-5-6-7-8-9-10-11-12-13;1-4(2)3/h2*13H,2-12H2,1H3;4H,(H2,1,2,3). The van der Waals surface area contributed by atoms with Gasteiger partial charge in [0, 0.05) is 0 Å². The lowest BCUT2D eigenvalue weighted by Gasteiger charge is -2.00. The van der Waals surface area contributed by atoms with E-state index < -0.39 is 8.25 Å². The van der Waals surface area contributed by atoms with Crippen LogP contribution in [-0.4, -0.2) is 21.3 Å². The van der Waals surface area contributed by atoms with Gasteiger partial charge in [0.25, 0.3) is 0 Å². The molecule has 0 radical (unpaired) electrons. The molecule has 0 aromatic heterocycles. The van der Waals surface area contributed by atoms with Gasteiger partial charge in [0.1, 0.15) is 0 Å². The lowest BCUT2D eigenvalue weighted by molar-refractivity contribution is 0.405. The minimum Gasteiger partial charge on any atom is -0.326 e. The molecule has 0 rings (SSSR count). The molecule has 0 unspecified atom stereocenters. The molecule has 0 atom stereocenters. The van der Waals surface area contributed by atoms with E-state index in [1.165, 1.54) is 128 Å². The van der Waals surface area contributed by atoms with Crippen LogP contribution in [-0.2, 0) is 4.57 Å². The SMILES string of the molecule is CCCCCCCCCCCCS.CCCCCCCCCCCCS.O=[PH](O)O. The molecule has 0 aliphatic carbocycles. The maximum Gasteiger partial charge on any atom is 0.314 e. The fourth-order valence-electron chi connectivity index (χ4n) is 3.20. The first-order valence-corrected chi connectivity index (χ1v) is 15.3. The van der Waals surface area contributed by atoms with Crippen molar-refractivity contribution >= 4 is 33.5 Å². The zero-order chi connectivity index (χ0) is 23.1. The molecule has 0 bridgehead atoms. The molecule has 0 aliphatic rings. The molecule has 0 fully saturated rings. The van der Waals surface area contributed by atoms with Crippen molar-refractivity contribution in [3.8, 4) is 0 Å². The zero-order valence-corrected chi connectivity index (χ0v) is 23.0. The monoisotopic (exact) mass is 486 g/mol. The third-order valence-corrected chi connectivity index (χ3v) is 5.66. The minimum absolute atomic E-state index is 1.07. The molecule has 0 amide bonds. The Labute approximate surface area is 201 Å². The number of hydrogen-bond donors (Lipinski definition) is 4. The van der Waals surface area contributed by atoms with Gasteiger partial charge >= 0.3 is 8.25 Å². The Morgan fingerprint density at radius 3 is 0.800 bits per heavy atom. The molecule has 30 heavy (non-hydrogen) atoms. The zero-order valence-electron chi connectivity index (χ0n) is 20.3. The molecule has 186 valence electrons. The summed E-state index contributed by atoms with van der Waals surface area (Å²) in [7, 11) is -3.13. The Morgan fingerprint density at radius 1 is 0.467 bits per heavy atom. The molecule has 2 N–H and O–H groups in total. The van der Waals surface area contributed by atoms with Crippen molar-refractivity contribution in [3.63, 3.8) is 0 Å². The van der Waals surface area contributed by atoms with Gasteiger partial charge in [-0.2, -0.15) is 25.3 Å². The van der Waals surface area contributed by atoms with E-state index in [9.17, 15) is 0 Å². The molecule has 0 saturated carbocycles. The fourth-order valence-corrected chi connectivity index (χ4v) is 3.65. The van der Waals surface area contributed by atoms with E-state index in [0.717, 1.165) is 11.5 Å². The van der Waals surface area contributed by atoms with Crippen LogP contribution in [0.25, 0.3) is 0 Å². The lowest BCUT2D eigenvalue weighted by atomic mass is 10.1. The van der Waals surface area contributed by atoms with E-state index in [2.05, 4.69) is 39.1 Å². The predicted octanol–water partition coefficient (Wildman–Crippen LogP) is 9.03. The minimum atomic E-state index is -3.13. The Kier molecular flexibility index (Phi) is 43.9. The Hall–Kier alpha value is 0.850. The van der Waals surface area contributed by atoms with E-state index >= 15 is 0 Å². The number of thiol groups is 2. The summed E-state index contributed by atoms with van der Waals surface area (Å²) in [6, 6.07) is 0. The average molecular weight is 487 g/mol. The van der Waals surface area contributed by atoms with Gasteiger partial charge in [-0.25, -0.2) is 0 Å². The highest BCUT2D eigenvalue weighted by atomic mass is 32.1. The number of unbranched alkanes of at least 4 members (excludes halogenated alkanes) is 18. The summed E-state index contributed by atoms with van der Waals surface area (Å²) in [6.45, 7) is 4.55. The Morgan fingerprint density at radius 2 is 0.633 bits per heavy atom. The maximum atomic E-state index is 8.74. The summed E-state index contributed by atoms with van der Waals surface area (Å²) >= 11 is 8.40. The van der Waals surface area contributed by atoms with Crippen molar-refractivity contribution in [1.29, 1.82) is 0 Å². The van der Waals surface area contributed by atoms with Crippen LogP contribution in [0.3, 0.4) is 0 Å². The van der Waals surface area contributed by atoms with Crippen molar-refractivity contribution in [3.05, 3.63) is 0 Å². The van der Waals surface area contributed by atoms with Gasteiger partial charge in [-0.3, -0.25) is 4.57 Å². The largest absolute Gasteiger partial charge is 0.326 e. The Balaban J connectivity index is -0.000000412. The predicted molar refractivity (Wildman–Crippen MR) is 145 cm³/mol. The van der Waals surface area contributed by atoms with Crippen molar-refractivity contribution in [1.82, 2.24) is 0 Å². The third-order valence-electron chi connectivity index (χ3n) is 5.02. The normalized spacial score (nSPS) is 10.4. The van der Waals surface area contributed by atoms with Crippen molar-refractivity contribution in [2.24, 2.45) is 0 Å². The van der Waals surface area contributed by atoms with Crippen LogP contribution in [0.15, 0.2) is 0 Å². The third kappa shape index (κ3) is 51.5. The molecule has 0 aromatic carbocycles. The quantitative estimate of drug-likeness (QED) is 0.0788. The van der Waals surface area contributed by atoms with Crippen molar-refractivity contribution in [2.75, 3.05) is 11.5 Å². The molecule has 3 nitrogen and oxygen atoms in total. The van der Waals surface area contributed by atoms with E-state index in [1.807, 2.05) is 0 Å². The van der Waals surface area contributed by atoms with Crippen LogP contribution in [0.4, 0.5) is 0 Å². The number of hydrogen-bond acceptors (Lipinski definition) is 3. The van der Waals surface area contributed by atoms with Crippen molar-refractivity contribution < 1.29 is 14.4 Å². The maximum absolute atomic E-state index is 8.74. The molecule has 0 spiro atoms. The van der Waals surface area contributed by atoms with Crippen LogP contribution < -0.4 is 0 Å². The van der Waals surface area contributed by atoms with Gasteiger partial charge in [0.15, 0.2) is 0 Å². The van der Waals surface area contributed by atoms with Gasteiger partial charge in [0.05, 0.1) is 0 Å². The first-order valence-electron chi connectivity index (χ1n) is 12.7. The van der Waals surface area contributed by atoms with Crippen LogP contribution in [0.2, 0.25) is 0 Å². The molecular formula is C24H55O3PS2. The van der Waals surface area contributed by atoms with Crippen LogP contribution in [0.1, 0.15) is 142 Å². The van der Waals surface area contributed by atoms with Crippen molar-refractivity contribution in [2.45, 2.75) is 142 Å². The summed E-state index contributed by atoms with van der Waals surface area (Å²) in [5, 5.41) is 0. The molecular weight excluding hydrogens is 431 g/mol. The highest BCUT2D eigenvalue weighted by Gasteiger charge is 1.92. The summed E-state index contributed by atoms with van der Waals surface area (Å²) in [4.78, 5) is 14.3. The van der Waals surface area contributed by atoms with Crippen LogP contribution in [0, 0.1) is 0 Å². The highest BCUT2D eigenvalue weighted by molar-refractivity contribution is 7.80.